The molecule has 0 radical (unpaired) electrons. The largest absolute Gasteiger partial charge is 0.444 e. The van der Waals surface area contributed by atoms with Gasteiger partial charge in [-0.25, -0.2) is 4.79 Å². The highest BCUT2D eigenvalue weighted by Crippen LogP contribution is 2.19. The quantitative estimate of drug-likeness (QED) is 0.663. The Kier molecular flexibility index (Phi) is 8.50. The van der Waals surface area contributed by atoms with Gasteiger partial charge in [0.1, 0.15) is 5.60 Å². The van der Waals surface area contributed by atoms with Crippen LogP contribution in [0.3, 0.4) is 0 Å². The highest BCUT2D eigenvalue weighted by molar-refractivity contribution is 5.86. The Labute approximate surface area is 167 Å². The van der Waals surface area contributed by atoms with Crippen molar-refractivity contribution in [2.45, 2.75) is 39.2 Å². The van der Waals surface area contributed by atoms with Gasteiger partial charge in [-0.15, -0.1) is 0 Å². The van der Waals surface area contributed by atoms with E-state index in [4.69, 9.17) is 9.47 Å². The molecule has 2 aliphatic heterocycles. The molecule has 0 saturated carbocycles. The molecule has 9 heteroatoms. The van der Waals surface area contributed by atoms with Gasteiger partial charge in [0, 0.05) is 45.2 Å². The molecule has 28 heavy (non-hydrogen) atoms. The van der Waals surface area contributed by atoms with Crippen molar-refractivity contribution in [3.63, 3.8) is 0 Å². The molecule has 0 atom stereocenters. The van der Waals surface area contributed by atoms with Crippen molar-refractivity contribution in [3.8, 4) is 0 Å². The molecule has 0 spiro atoms. The molecular weight excluding hydrogens is 364 g/mol. The van der Waals surface area contributed by atoms with E-state index in [1.165, 1.54) is 0 Å². The molecule has 0 aliphatic carbocycles. The van der Waals surface area contributed by atoms with Crippen LogP contribution in [-0.4, -0.2) is 92.3 Å². The van der Waals surface area contributed by atoms with E-state index in [0.29, 0.717) is 32.5 Å². The number of ether oxygens (including phenoxy) is 2. The second kappa shape index (κ2) is 10.6. The van der Waals surface area contributed by atoms with Crippen LogP contribution in [0.4, 0.5) is 4.79 Å². The third kappa shape index (κ3) is 8.02. The zero-order valence-electron chi connectivity index (χ0n) is 17.3. The number of nitrogens with zero attached hydrogens (tertiary/aromatic N) is 2. The van der Waals surface area contributed by atoms with Gasteiger partial charge >= 0.3 is 6.09 Å². The summed E-state index contributed by atoms with van der Waals surface area (Å²) in [7, 11) is 0. The maximum atomic E-state index is 12.3. The van der Waals surface area contributed by atoms with Gasteiger partial charge in [-0.3, -0.25) is 14.5 Å². The lowest BCUT2D eigenvalue weighted by Crippen LogP contribution is -2.47. The molecule has 0 unspecified atom stereocenters. The number of hydrogen-bond donors (Lipinski definition) is 2. The first kappa shape index (κ1) is 22.4. The summed E-state index contributed by atoms with van der Waals surface area (Å²) in [6, 6.07) is 0. The second-order valence-electron chi connectivity index (χ2n) is 8.26. The smallest absolute Gasteiger partial charge is 0.410 e. The number of amides is 3. The Morgan fingerprint density at radius 2 is 1.68 bits per heavy atom. The summed E-state index contributed by atoms with van der Waals surface area (Å²) < 4.78 is 10.6. The van der Waals surface area contributed by atoms with E-state index in [2.05, 4.69) is 15.5 Å². The molecule has 2 heterocycles. The number of likely N-dealkylation sites (tertiary alicyclic amines) is 1. The van der Waals surface area contributed by atoms with Crippen molar-refractivity contribution >= 4 is 17.9 Å². The molecule has 0 aromatic heterocycles. The molecule has 2 fully saturated rings. The zero-order valence-corrected chi connectivity index (χ0v) is 17.3. The molecule has 160 valence electrons. The van der Waals surface area contributed by atoms with Crippen LogP contribution in [0.1, 0.15) is 33.6 Å². The van der Waals surface area contributed by atoms with Gasteiger partial charge in [0.2, 0.25) is 11.8 Å². The summed E-state index contributed by atoms with van der Waals surface area (Å²) in [6.07, 6.45) is 0.805. The van der Waals surface area contributed by atoms with Crippen molar-refractivity contribution in [3.05, 3.63) is 0 Å². The lowest BCUT2D eigenvalue weighted by molar-refractivity contribution is -0.129. The number of carbonyl (C=O) groups excluding carboxylic acids is 3. The van der Waals surface area contributed by atoms with Gasteiger partial charge in [-0.1, -0.05) is 0 Å². The van der Waals surface area contributed by atoms with Crippen LogP contribution in [0.15, 0.2) is 0 Å². The monoisotopic (exact) mass is 398 g/mol. The SMILES string of the molecule is CC(C)(C)OC(=O)N1CCC(C(=O)NCC(=O)NCCN2CCOCC2)CC1. The van der Waals surface area contributed by atoms with Crippen molar-refractivity contribution in [1.82, 2.24) is 20.4 Å². The Hall–Kier alpha value is -1.87. The highest BCUT2D eigenvalue weighted by Gasteiger charge is 2.29. The summed E-state index contributed by atoms with van der Waals surface area (Å²) in [4.78, 5) is 40.1. The lowest BCUT2D eigenvalue weighted by Gasteiger charge is -2.32. The van der Waals surface area contributed by atoms with Crippen LogP contribution in [-0.2, 0) is 19.1 Å². The van der Waals surface area contributed by atoms with Crippen LogP contribution >= 0.6 is 0 Å². The van der Waals surface area contributed by atoms with E-state index >= 15 is 0 Å². The fourth-order valence-electron chi connectivity index (χ4n) is 3.20. The molecule has 9 nitrogen and oxygen atoms in total. The Morgan fingerprint density at radius 1 is 1.04 bits per heavy atom. The first-order valence-electron chi connectivity index (χ1n) is 10.1. The minimum Gasteiger partial charge on any atom is -0.444 e. The molecule has 0 aromatic rings. The maximum Gasteiger partial charge on any atom is 0.410 e. The third-order valence-corrected chi connectivity index (χ3v) is 4.79. The van der Waals surface area contributed by atoms with Gasteiger partial charge in [0.15, 0.2) is 0 Å². The number of piperidine rings is 1. The van der Waals surface area contributed by atoms with Gasteiger partial charge in [-0.05, 0) is 33.6 Å². The average molecular weight is 399 g/mol. The van der Waals surface area contributed by atoms with E-state index in [1.807, 2.05) is 20.8 Å². The molecule has 3 amide bonds. The predicted octanol–water partition coefficient (Wildman–Crippen LogP) is 0.198. The van der Waals surface area contributed by atoms with E-state index in [-0.39, 0.29) is 30.4 Å². The average Bonchev–Trinajstić information content (AvgIpc) is 2.66. The fraction of sp³-hybridized carbons (Fsp3) is 0.842. The molecule has 2 N–H and O–H groups in total. The van der Waals surface area contributed by atoms with Gasteiger partial charge in [-0.2, -0.15) is 0 Å². The minimum absolute atomic E-state index is 0.0196. The molecule has 0 aromatic carbocycles. The van der Waals surface area contributed by atoms with Gasteiger partial charge in [0.25, 0.3) is 0 Å². The number of hydrogen-bond acceptors (Lipinski definition) is 6. The summed E-state index contributed by atoms with van der Waals surface area (Å²) in [5.41, 5.74) is -0.527. The first-order chi connectivity index (χ1) is 13.2. The van der Waals surface area contributed by atoms with E-state index in [9.17, 15) is 14.4 Å². The number of rotatable bonds is 6. The Bertz CT molecular complexity index is 535. The Balaban J connectivity index is 1.59. The van der Waals surface area contributed by atoms with E-state index in [1.54, 1.807) is 4.90 Å². The number of nitrogens with one attached hydrogen (secondary N) is 2. The Morgan fingerprint density at radius 3 is 2.29 bits per heavy atom. The third-order valence-electron chi connectivity index (χ3n) is 4.79. The fourth-order valence-corrected chi connectivity index (χ4v) is 3.20. The van der Waals surface area contributed by atoms with Crippen LogP contribution < -0.4 is 10.6 Å². The highest BCUT2D eigenvalue weighted by atomic mass is 16.6. The number of carbonyl (C=O) groups is 3. The zero-order chi connectivity index (χ0) is 20.6. The number of morpholine rings is 1. The lowest BCUT2D eigenvalue weighted by atomic mass is 9.96. The molecular formula is C19H34N4O5. The topological polar surface area (TPSA) is 100 Å². The standard InChI is InChI=1S/C19H34N4O5/c1-19(2,3)28-18(26)23-7-4-15(5-8-23)17(25)21-14-16(24)20-6-9-22-10-12-27-13-11-22/h15H,4-14H2,1-3H3,(H,20,24)(H,21,25). The normalized spacial score (nSPS) is 19.2. The summed E-state index contributed by atoms with van der Waals surface area (Å²) in [6.45, 7) is 11.0. The molecule has 2 saturated heterocycles. The second-order valence-corrected chi connectivity index (χ2v) is 8.26. The van der Waals surface area contributed by atoms with Crippen LogP contribution in [0, 0.1) is 5.92 Å². The van der Waals surface area contributed by atoms with Crippen molar-refractivity contribution < 1.29 is 23.9 Å². The van der Waals surface area contributed by atoms with Crippen LogP contribution in [0.2, 0.25) is 0 Å². The van der Waals surface area contributed by atoms with E-state index in [0.717, 1.165) is 32.8 Å². The summed E-state index contributed by atoms with van der Waals surface area (Å²) in [5.74, 6) is -0.500. The molecule has 2 aliphatic rings. The minimum atomic E-state index is -0.527. The maximum absolute atomic E-state index is 12.3. The van der Waals surface area contributed by atoms with E-state index < -0.39 is 5.60 Å². The first-order valence-corrected chi connectivity index (χ1v) is 10.1. The van der Waals surface area contributed by atoms with Gasteiger partial charge in [0.05, 0.1) is 19.8 Å². The van der Waals surface area contributed by atoms with Crippen molar-refractivity contribution in [1.29, 1.82) is 0 Å². The summed E-state index contributed by atoms with van der Waals surface area (Å²) in [5, 5.41) is 5.53. The van der Waals surface area contributed by atoms with Crippen molar-refractivity contribution in [2.24, 2.45) is 5.92 Å². The van der Waals surface area contributed by atoms with Crippen LogP contribution in [0.25, 0.3) is 0 Å². The summed E-state index contributed by atoms with van der Waals surface area (Å²) >= 11 is 0. The van der Waals surface area contributed by atoms with Crippen LogP contribution in [0.5, 0.6) is 0 Å². The predicted molar refractivity (Wildman–Crippen MR) is 104 cm³/mol. The van der Waals surface area contributed by atoms with Crippen molar-refractivity contribution in [2.75, 3.05) is 59.0 Å². The molecule has 0 bridgehead atoms. The molecule has 2 rings (SSSR count). The van der Waals surface area contributed by atoms with Gasteiger partial charge < -0.3 is 25.0 Å².